The number of amides is 1. The predicted molar refractivity (Wildman–Crippen MR) is 157 cm³/mol. The van der Waals surface area contributed by atoms with Crippen molar-refractivity contribution >= 4 is 28.7 Å². The first kappa shape index (κ1) is 30.7. The van der Waals surface area contributed by atoms with Gasteiger partial charge in [-0.2, -0.15) is 18.4 Å². The molecule has 2 aliphatic rings. The molecule has 0 aliphatic carbocycles. The number of H-pyrrole nitrogens is 1. The van der Waals surface area contributed by atoms with E-state index in [1.165, 1.54) is 18.3 Å². The number of nitrogens with one attached hydrogen (secondary N) is 2. The molecule has 2 atom stereocenters. The smallest absolute Gasteiger partial charge is 0.367 e. The molecule has 230 valence electrons. The summed E-state index contributed by atoms with van der Waals surface area (Å²) in [6, 6.07) is 6.76. The van der Waals surface area contributed by atoms with Gasteiger partial charge in [0.15, 0.2) is 0 Å². The fraction of sp³-hybridized carbons (Fsp3) is 0.367. The summed E-state index contributed by atoms with van der Waals surface area (Å²) in [5.41, 5.74) is -1.96. The van der Waals surface area contributed by atoms with Crippen LogP contribution >= 0.6 is 0 Å². The number of rotatable bonds is 5. The van der Waals surface area contributed by atoms with Crippen molar-refractivity contribution in [2.45, 2.75) is 38.5 Å². The van der Waals surface area contributed by atoms with Gasteiger partial charge in [-0.25, -0.2) is 14.4 Å². The van der Waals surface area contributed by atoms with Gasteiger partial charge in [0.2, 0.25) is 11.4 Å². The van der Waals surface area contributed by atoms with Crippen LogP contribution in [0.5, 0.6) is 0 Å². The lowest BCUT2D eigenvalue weighted by atomic mass is 9.98. The van der Waals surface area contributed by atoms with Crippen molar-refractivity contribution in [2.75, 3.05) is 48.3 Å². The summed E-state index contributed by atoms with van der Waals surface area (Å²) in [5, 5.41) is 11.8. The highest BCUT2D eigenvalue weighted by atomic mass is 19.4. The molecule has 1 aromatic carbocycles. The Labute approximate surface area is 250 Å². The van der Waals surface area contributed by atoms with Gasteiger partial charge in [0.1, 0.15) is 17.7 Å². The van der Waals surface area contributed by atoms with Gasteiger partial charge in [0, 0.05) is 62.3 Å². The van der Waals surface area contributed by atoms with Gasteiger partial charge in [0.25, 0.3) is 5.91 Å². The monoisotopic (exact) mass is 610 g/mol. The number of likely N-dealkylation sites (N-methyl/N-ethyl adjacent to an activating group) is 1. The maximum absolute atomic E-state index is 15.9. The number of nitriles is 1. The van der Waals surface area contributed by atoms with Crippen LogP contribution in [0.1, 0.15) is 47.6 Å². The molecule has 1 saturated heterocycles. The molecule has 3 aromatic rings. The Morgan fingerprint density at radius 3 is 2.57 bits per heavy atom. The Bertz CT molecular complexity index is 1700. The molecule has 10 nitrogen and oxygen atoms in total. The van der Waals surface area contributed by atoms with E-state index in [1.54, 1.807) is 6.07 Å². The second-order valence-electron chi connectivity index (χ2n) is 11.0. The van der Waals surface area contributed by atoms with E-state index < -0.39 is 34.6 Å². The second-order valence-corrected chi connectivity index (χ2v) is 11.0. The van der Waals surface area contributed by atoms with E-state index >= 15 is 4.39 Å². The fourth-order valence-electron chi connectivity index (χ4n) is 5.57. The Morgan fingerprint density at radius 2 is 1.89 bits per heavy atom. The largest absolute Gasteiger partial charge is 0.417 e. The number of alkyl halides is 3. The highest BCUT2D eigenvalue weighted by Gasteiger charge is 2.36. The summed E-state index contributed by atoms with van der Waals surface area (Å²) < 4.78 is 57.3. The summed E-state index contributed by atoms with van der Waals surface area (Å²) in [5.74, 6) is -1.18. The Hall–Kier alpha value is -4.77. The maximum Gasteiger partial charge on any atom is 0.417 e. The SMILES string of the molecule is CC1CN(c2cc(F)c(C3=CCCN(c4ccnc(C#N)n4)C3)cc2NC(=O)c2c[nH]c(=O)cc2C(F)(F)F)CC(C)N1C. The predicted octanol–water partition coefficient (Wildman–Crippen LogP) is 4.27. The van der Waals surface area contributed by atoms with E-state index in [-0.39, 0.29) is 35.7 Å². The average Bonchev–Trinajstić information content (AvgIpc) is 2.99. The summed E-state index contributed by atoms with van der Waals surface area (Å²) in [7, 11) is 1.98. The van der Waals surface area contributed by atoms with Crippen molar-refractivity contribution in [1.29, 1.82) is 5.26 Å². The number of hydrogen-bond acceptors (Lipinski definition) is 8. The molecule has 0 bridgehead atoms. The highest BCUT2D eigenvalue weighted by molar-refractivity contribution is 6.07. The van der Waals surface area contributed by atoms with E-state index in [0.717, 1.165) is 6.20 Å². The molecule has 2 N–H and O–H groups in total. The van der Waals surface area contributed by atoms with Crippen molar-refractivity contribution in [2.24, 2.45) is 0 Å². The van der Waals surface area contributed by atoms with Gasteiger partial charge in [-0.15, -0.1) is 0 Å². The van der Waals surface area contributed by atoms with Crippen LogP contribution in [-0.2, 0) is 6.18 Å². The number of halogens is 4. The van der Waals surface area contributed by atoms with Crippen LogP contribution in [0.25, 0.3) is 5.57 Å². The molecule has 5 rings (SSSR count). The standard InChI is InChI=1S/C30H30F4N8O2/c1-17-14-42(15-18(2)40(17)3)25-11-23(31)20(19-5-4-8-41(16-19)27-6-7-36-26(12-35)39-27)9-24(25)38-29(44)21-13-37-28(43)10-22(21)30(32,33)34/h5-7,9-11,13,17-18H,4,8,14-16H2,1-3H3,(H,37,43)(H,38,44). The van der Waals surface area contributed by atoms with Crippen LogP contribution in [-0.4, -0.2) is 71.1 Å². The first-order chi connectivity index (χ1) is 20.8. The maximum atomic E-state index is 15.9. The quantitative estimate of drug-likeness (QED) is 0.411. The lowest BCUT2D eigenvalue weighted by molar-refractivity contribution is -0.138. The molecular formula is C30H30F4N8O2. The third-order valence-electron chi connectivity index (χ3n) is 8.07. The zero-order valence-corrected chi connectivity index (χ0v) is 24.2. The third-order valence-corrected chi connectivity index (χ3v) is 8.07. The number of hydrogen-bond donors (Lipinski definition) is 2. The van der Waals surface area contributed by atoms with Crippen molar-refractivity contribution in [3.05, 3.63) is 81.4 Å². The lowest BCUT2D eigenvalue weighted by Crippen LogP contribution is -2.55. The first-order valence-corrected chi connectivity index (χ1v) is 13.9. The number of benzene rings is 1. The molecular weight excluding hydrogens is 580 g/mol. The molecule has 0 saturated carbocycles. The summed E-state index contributed by atoms with van der Waals surface area (Å²) in [4.78, 5) is 41.2. The van der Waals surface area contributed by atoms with Crippen LogP contribution < -0.4 is 20.7 Å². The van der Waals surface area contributed by atoms with Crippen LogP contribution in [0, 0.1) is 17.1 Å². The number of aromatic amines is 1. The Kier molecular flexibility index (Phi) is 8.42. The minimum atomic E-state index is -4.96. The number of carbonyl (C=O) groups is 1. The highest BCUT2D eigenvalue weighted by Crippen LogP contribution is 2.37. The average molecular weight is 611 g/mol. The molecule has 2 unspecified atom stereocenters. The zero-order chi connectivity index (χ0) is 31.8. The second kappa shape index (κ2) is 12.1. The number of piperazine rings is 1. The molecule has 14 heteroatoms. The van der Waals surface area contributed by atoms with Crippen LogP contribution in [0.4, 0.5) is 34.8 Å². The fourth-order valence-corrected chi connectivity index (χ4v) is 5.57. The first-order valence-electron chi connectivity index (χ1n) is 13.9. The van der Waals surface area contributed by atoms with Gasteiger partial charge < -0.3 is 20.1 Å². The van der Waals surface area contributed by atoms with E-state index in [1.807, 2.05) is 42.8 Å². The molecule has 4 heterocycles. The summed E-state index contributed by atoms with van der Waals surface area (Å²) >= 11 is 0. The zero-order valence-electron chi connectivity index (χ0n) is 24.2. The number of nitrogens with zero attached hydrogens (tertiary/aromatic N) is 6. The number of pyridine rings is 1. The van der Waals surface area contributed by atoms with Gasteiger partial charge >= 0.3 is 6.18 Å². The van der Waals surface area contributed by atoms with Gasteiger partial charge in [-0.3, -0.25) is 14.5 Å². The van der Waals surface area contributed by atoms with Gasteiger partial charge in [-0.05, 0) is 51.1 Å². The van der Waals surface area contributed by atoms with Crippen LogP contribution in [0.3, 0.4) is 0 Å². The normalized spacial score (nSPS) is 19.4. The minimum absolute atomic E-state index is 0.00440. The van der Waals surface area contributed by atoms with Crippen molar-refractivity contribution in [1.82, 2.24) is 19.9 Å². The number of carbonyl (C=O) groups excluding carboxylic acids is 1. The van der Waals surface area contributed by atoms with Crippen LogP contribution in [0.2, 0.25) is 0 Å². The van der Waals surface area contributed by atoms with E-state index in [2.05, 4.69) is 25.2 Å². The minimum Gasteiger partial charge on any atom is -0.367 e. The molecule has 0 spiro atoms. The van der Waals surface area contributed by atoms with Crippen LogP contribution in [0.15, 0.2) is 47.5 Å². The number of anilines is 3. The molecule has 2 aromatic heterocycles. The van der Waals surface area contributed by atoms with Crippen molar-refractivity contribution < 1.29 is 22.4 Å². The third kappa shape index (κ3) is 6.28. The van der Waals surface area contributed by atoms with E-state index in [0.29, 0.717) is 49.2 Å². The summed E-state index contributed by atoms with van der Waals surface area (Å²) in [6.45, 7) is 5.77. The molecule has 1 fully saturated rings. The molecule has 2 aliphatic heterocycles. The Balaban J connectivity index is 1.55. The number of aromatic nitrogens is 3. The Morgan fingerprint density at radius 1 is 1.16 bits per heavy atom. The van der Waals surface area contributed by atoms with Gasteiger partial charge in [0.05, 0.1) is 22.5 Å². The summed E-state index contributed by atoms with van der Waals surface area (Å²) in [6.07, 6.45) is -0.377. The topological polar surface area (TPSA) is 121 Å². The van der Waals surface area contributed by atoms with Crippen molar-refractivity contribution in [3.8, 4) is 6.07 Å². The molecule has 1 amide bonds. The van der Waals surface area contributed by atoms with Gasteiger partial charge in [-0.1, -0.05) is 6.08 Å². The van der Waals surface area contributed by atoms with E-state index in [9.17, 15) is 28.0 Å². The van der Waals surface area contributed by atoms with E-state index in [4.69, 9.17) is 0 Å². The molecule has 44 heavy (non-hydrogen) atoms. The van der Waals surface area contributed by atoms with Crippen molar-refractivity contribution in [3.63, 3.8) is 0 Å². The lowest BCUT2D eigenvalue weighted by Gasteiger charge is -2.44. The molecule has 0 radical (unpaired) electrons.